The molecule has 1 saturated heterocycles. The number of piperidine rings is 1. The van der Waals surface area contributed by atoms with Crippen LogP contribution in [0, 0.1) is 13.8 Å². The fraction of sp³-hybridized carbons (Fsp3) is 0.108. The first kappa shape index (κ1) is 27.5. The second kappa shape index (κ2) is 12.4. The Labute approximate surface area is 241 Å². The first-order valence-electron chi connectivity index (χ1n) is 13.6. The molecule has 1 fully saturated rings. The average molecular weight is 538 g/mol. The molecule has 1 aliphatic heterocycles. The van der Waals surface area contributed by atoms with Crippen molar-refractivity contribution in [1.29, 1.82) is 0 Å². The van der Waals surface area contributed by atoms with Gasteiger partial charge in [0.05, 0.1) is 13.1 Å². The maximum atomic E-state index is 13.6. The third kappa shape index (κ3) is 6.74. The van der Waals surface area contributed by atoms with Gasteiger partial charge in [0.25, 0.3) is 5.91 Å². The summed E-state index contributed by atoms with van der Waals surface area (Å²) in [5.74, 6) is -0.269. The SMILES string of the molecule is Cc1ccc(C(=O)/C=C/c2ccc(C(=O)N3C/C(=C/c4ccccc4)C(=O)/C(=C\c4ccccc4)C3)cc2)cc1C. The number of carbonyl (C=O) groups excluding carboxylic acids is 3. The number of rotatable bonds is 6. The third-order valence-electron chi connectivity index (χ3n) is 7.25. The first-order chi connectivity index (χ1) is 19.9. The lowest BCUT2D eigenvalue weighted by atomic mass is 9.93. The fourth-order valence-electron chi connectivity index (χ4n) is 4.77. The predicted octanol–water partition coefficient (Wildman–Crippen LogP) is 7.39. The number of benzene rings is 4. The van der Waals surface area contributed by atoms with Crippen LogP contribution in [0.4, 0.5) is 0 Å². The van der Waals surface area contributed by atoms with Gasteiger partial charge in [-0.25, -0.2) is 0 Å². The van der Waals surface area contributed by atoms with Crippen molar-refractivity contribution in [3.05, 3.63) is 159 Å². The molecule has 4 aromatic rings. The van der Waals surface area contributed by atoms with Gasteiger partial charge in [0.15, 0.2) is 11.6 Å². The lowest BCUT2D eigenvalue weighted by Gasteiger charge is -2.30. The molecule has 202 valence electrons. The molecule has 0 saturated carbocycles. The van der Waals surface area contributed by atoms with E-state index in [0.29, 0.717) is 22.3 Å². The van der Waals surface area contributed by atoms with Gasteiger partial charge in [-0.2, -0.15) is 0 Å². The molecule has 4 aromatic carbocycles. The average Bonchev–Trinajstić information content (AvgIpc) is 3.00. The number of aryl methyl sites for hydroxylation is 2. The molecule has 5 rings (SSSR count). The van der Waals surface area contributed by atoms with Gasteiger partial charge in [0, 0.05) is 22.3 Å². The van der Waals surface area contributed by atoms with Crippen molar-refractivity contribution in [2.24, 2.45) is 0 Å². The second-order valence-corrected chi connectivity index (χ2v) is 10.3. The highest BCUT2D eigenvalue weighted by Gasteiger charge is 2.29. The Bertz CT molecular complexity index is 1620. The smallest absolute Gasteiger partial charge is 0.254 e. The number of nitrogens with zero attached hydrogens (tertiary/aromatic N) is 1. The van der Waals surface area contributed by atoms with Crippen molar-refractivity contribution in [2.75, 3.05) is 13.1 Å². The van der Waals surface area contributed by atoms with Crippen molar-refractivity contribution in [2.45, 2.75) is 13.8 Å². The zero-order valence-electron chi connectivity index (χ0n) is 23.2. The molecule has 1 heterocycles. The van der Waals surface area contributed by atoms with Crippen LogP contribution in [0.2, 0.25) is 0 Å². The number of ketones is 2. The molecule has 0 bridgehead atoms. The van der Waals surface area contributed by atoms with E-state index in [0.717, 1.165) is 27.8 Å². The minimum absolute atomic E-state index is 0.0457. The maximum absolute atomic E-state index is 13.6. The van der Waals surface area contributed by atoms with Crippen molar-refractivity contribution in [3.8, 4) is 0 Å². The lowest BCUT2D eigenvalue weighted by Crippen LogP contribution is -2.41. The summed E-state index contributed by atoms with van der Waals surface area (Å²) >= 11 is 0. The lowest BCUT2D eigenvalue weighted by molar-refractivity contribution is -0.113. The fourth-order valence-corrected chi connectivity index (χ4v) is 4.77. The van der Waals surface area contributed by atoms with Crippen molar-refractivity contribution in [3.63, 3.8) is 0 Å². The Hall–Kier alpha value is -5.09. The summed E-state index contributed by atoms with van der Waals surface area (Å²) in [7, 11) is 0. The molecule has 4 nitrogen and oxygen atoms in total. The Morgan fingerprint density at radius 1 is 0.634 bits per heavy atom. The quantitative estimate of drug-likeness (QED) is 0.190. The van der Waals surface area contributed by atoms with Crippen LogP contribution in [0.1, 0.15) is 48.5 Å². The van der Waals surface area contributed by atoms with E-state index in [1.807, 2.05) is 117 Å². The van der Waals surface area contributed by atoms with Crippen LogP contribution in [0.3, 0.4) is 0 Å². The van der Waals surface area contributed by atoms with E-state index >= 15 is 0 Å². The highest BCUT2D eigenvalue weighted by atomic mass is 16.2. The number of hydrogen-bond acceptors (Lipinski definition) is 3. The van der Waals surface area contributed by atoms with E-state index in [1.165, 1.54) is 0 Å². The normalized spacial score (nSPS) is 15.6. The van der Waals surface area contributed by atoms with Crippen LogP contribution in [-0.4, -0.2) is 35.5 Å². The highest BCUT2D eigenvalue weighted by Crippen LogP contribution is 2.24. The second-order valence-electron chi connectivity index (χ2n) is 10.3. The Balaban J connectivity index is 1.36. The van der Waals surface area contributed by atoms with E-state index in [1.54, 1.807) is 29.2 Å². The van der Waals surface area contributed by atoms with Crippen LogP contribution in [0.15, 0.2) is 120 Å². The summed E-state index contributed by atoms with van der Waals surface area (Å²) < 4.78 is 0. The number of Topliss-reactive ketones (excluding diaryl/α,β-unsaturated/α-hetero) is 1. The van der Waals surface area contributed by atoms with Gasteiger partial charge < -0.3 is 4.90 Å². The van der Waals surface area contributed by atoms with Crippen LogP contribution < -0.4 is 0 Å². The molecule has 0 aromatic heterocycles. The first-order valence-corrected chi connectivity index (χ1v) is 13.6. The minimum Gasteiger partial charge on any atom is -0.330 e. The van der Waals surface area contributed by atoms with Crippen LogP contribution in [-0.2, 0) is 4.79 Å². The summed E-state index contributed by atoms with van der Waals surface area (Å²) in [5.41, 5.74) is 7.19. The molecule has 0 N–H and O–H groups in total. The molecule has 0 aliphatic carbocycles. The van der Waals surface area contributed by atoms with Crippen molar-refractivity contribution >= 4 is 35.7 Å². The zero-order chi connectivity index (χ0) is 28.8. The molecule has 1 amide bonds. The van der Waals surface area contributed by atoms with Gasteiger partial charge in [0.1, 0.15) is 0 Å². The molecular weight excluding hydrogens is 506 g/mol. The molecule has 1 aliphatic rings. The summed E-state index contributed by atoms with van der Waals surface area (Å²) in [5, 5.41) is 0. The maximum Gasteiger partial charge on any atom is 0.254 e. The van der Waals surface area contributed by atoms with Gasteiger partial charge in [0.2, 0.25) is 0 Å². The van der Waals surface area contributed by atoms with Gasteiger partial charge in [-0.3, -0.25) is 14.4 Å². The summed E-state index contributed by atoms with van der Waals surface area (Å²) in [6.07, 6.45) is 7.04. The predicted molar refractivity (Wildman–Crippen MR) is 165 cm³/mol. The van der Waals surface area contributed by atoms with Crippen LogP contribution >= 0.6 is 0 Å². The third-order valence-corrected chi connectivity index (χ3v) is 7.25. The number of likely N-dealkylation sites (tertiary alicyclic amines) is 1. The molecule has 0 unspecified atom stereocenters. The van der Waals surface area contributed by atoms with Gasteiger partial charge in [-0.15, -0.1) is 0 Å². The summed E-state index contributed by atoms with van der Waals surface area (Å²) in [4.78, 5) is 41.4. The van der Waals surface area contributed by atoms with Gasteiger partial charge >= 0.3 is 0 Å². The number of carbonyl (C=O) groups is 3. The molecule has 41 heavy (non-hydrogen) atoms. The van der Waals surface area contributed by atoms with Gasteiger partial charge in [-0.05, 0) is 78.1 Å². The largest absolute Gasteiger partial charge is 0.330 e. The monoisotopic (exact) mass is 537 g/mol. The molecule has 0 atom stereocenters. The van der Waals surface area contributed by atoms with E-state index in [4.69, 9.17) is 0 Å². The van der Waals surface area contributed by atoms with E-state index in [-0.39, 0.29) is 30.6 Å². The van der Waals surface area contributed by atoms with Crippen LogP contribution in [0.25, 0.3) is 18.2 Å². The van der Waals surface area contributed by atoms with E-state index in [2.05, 4.69) is 0 Å². The van der Waals surface area contributed by atoms with E-state index < -0.39 is 0 Å². The number of allylic oxidation sites excluding steroid dienone is 1. The number of amides is 1. The van der Waals surface area contributed by atoms with Gasteiger partial charge in [-0.1, -0.05) is 91.0 Å². The Kier molecular flexibility index (Phi) is 8.31. The molecule has 4 heteroatoms. The standard InChI is InChI=1S/C37H31NO3/c1-26-13-17-32(21-27(26)2)35(39)20-16-28-14-18-31(19-15-28)37(41)38-24-33(22-29-9-5-3-6-10-29)36(40)34(25-38)23-30-11-7-4-8-12-30/h3-23H,24-25H2,1-2H3/b20-16+,33-22-,34-23-. The van der Waals surface area contributed by atoms with Crippen molar-refractivity contribution in [1.82, 2.24) is 4.90 Å². The van der Waals surface area contributed by atoms with Crippen molar-refractivity contribution < 1.29 is 14.4 Å². The molecule has 0 spiro atoms. The van der Waals surface area contributed by atoms with E-state index in [9.17, 15) is 14.4 Å². The Morgan fingerprint density at radius 3 is 1.71 bits per heavy atom. The summed E-state index contributed by atoms with van der Waals surface area (Å²) in [6, 6.07) is 32.2. The number of hydrogen-bond donors (Lipinski definition) is 0. The molecular formula is C37H31NO3. The molecule has 0 radical (unpaired) electrons. The minimum atomic E-state index is -0.155. The van der Waals surface area contributed by atoms with Crippen LogP contribution in [0.5, 0.6) is 0 Å². The zero-order valence-corrected chi connectivity index (χ0v) is 23.2. The highest BCUT2D eigenvalue weighted by molar-refractivity contribution is 6.16. The summed E-state index contributed by atoms with van der Waals surface area (Å²) in [6.45, 7) is 4.46. The Morgan fingerprint density at radius 2 is 1.17 bits per heavy atom. The topological polar surface area (TPSA) is 54.5 Å².